The van der Waals surface area contributed by atoms with Crippen LogP contribution in [0.3, 0.4) is 0 Å². The number of hydrogen-bond donors (Lipinski definition) is 0. The molecule has 3 rings (SSSR count). The molecule has 0 heterocycles. The van der Waals surface area contributed by atoms with Crippen molar-refractivity contribution in [3.05, 3.63) is 94.5 Å². The van der Waals surface area contributed by atoms with Gasteiger partial charge in [0, 0.05) is 10.6 Å². The van der Waals surface area contributed by atoms with E-state index >= 15 is 0 Å². The lowest BCUT2D eigenvalue weighted by atomic mass is 10.0. The van der Waals surface area contributed by atoms with Crippen LogP contribution >= 0.6 is 7.29 Å². The zero-order valence-corrected chi connectivity index (χ0v) is 19.1. The summed E-state index contributed by atoms with van der Waals surface area (Å²) in [5.41, 5.74) is 6.32. The highest BCUT2D eigenvalue weighted by molar-refractivity contribution is 7.77. The molecule has 0 aliphatic heterocycles. The van der Waals surface area contributed by atoms with E-state index in [1.807, 2.05) is 82.3 Å². The Bertz CT molecular complexity index is 1000. The van der Waals surface area contributed by atoms with E-state index in [0.717, 1.165) is 44.1 Å². The first kappa shape index (κ1) is 21.3. The molecular weight excluding hydrogens is 373 g/mol. The largest absolute Gasteiger partial charge is 0.288 e. The molecule has 3 aromatic rings. The van der Waals surface area contributed by atoms with Crippen LogP contribution < -0.4 is 10.6 Å². The van der Waals surface area contributed by atoms with Gasteiger partial charge in [0.1, 0.15) is 0 Å². The van der Waals surface area contributed by atoms with Crippen molar-refractivity contribution in [2.45, 2.75) is 41.5 Å². The molecule has 0 unspecified atom stereocenters. The second kappa shape index (κ2) is 8.51. The van der Waals surface area contributed by atoms with Crippen molar-refractivity contribution in [1.82, 2.24) is 0 Å². The van der Waals surface area contributed by atoms with Crippen molar-refractivity contribution in [2.75, 3.05) is 0 Å². The molecule has 3 heteroatoms. The van der Waals surface area contributed by atoms with E-state index in [1.165, 1.54) is 0 Å². The van der Waals surface area contributed by atoms with Crippen LogP contribution in [0.25, 0.3) is 0 Å². The zero-order valence-electron chi connectivity index (χ0n) is 18.2. The second-order valence-corrected chi connectivity index (χ2v) is 10.7. The van der Waals surface area contributed by atoms with Crippen molar-refractivity contribution in [1.29, 1.82) is 0 Å². The van der Waals surface area contributed by atoms with Gasteiger partial charge < -0.3 is 0 Å². The molecule has 0 amide bonds. The summed E-state index contributed by atoms with van der Waals surface area (Å²) in [6.07, 6.45) is 0. The number of rotatable bonds is 5. The quantitative estimate of drug-likeness (QED) is 0.363. The summed E-state index contributed by atoms with van der Waals surface area (Å²) in [4.78, 5) is 0. The topological polar surface area (TPSA) is 29.4 Å². The van der Waals surface area contributed by atoms with Gasteiger partial charge in [-0.25, -0.2) is 4.76 Å². The number of nitrogens with zero attached hydrogens (tertiary/aromatic N) is 1. The van der Waals surface area contributed by atoms with Crippen LogP contribution in [0.1, 0.15) is 41.7 Å². The second-order valence-electron chi connectivity index (χ2n) is 8.27. The Morgan fingerprint density at radius 1 is 0.724 bits per heavy atom. The highest BCUT2D eigenvalue weighted by Gasteiger charge is 2.29. The lowest BCUT2D eigenvalue weighted by molar-refractivity contribution is 0.588. The van der Waals surface area contributed by atoms with Crippen molar-refractivity contribution in [3.63, 3.8) is 0 Å². The molecule has 0 bridgehead atoms. The van der Waals surface area contributed by atoms with E-state index in [4.69, 9.17) is 4.76 Å². The molecule has 0 spiro atoms. The van der Waals surface area contributed by atoms with Gasteiger partial charge in [-0.05, 0) is 63.4 Å². The molecule has 0 atom stereocenters. The summed E-state index contributed by atoms with van der Waals surface area (Å²) in [5, 5.41) is 1.60. The lowest BCUT2D eigenvalue weighted by Gasteiger charge is -2.21. The third-order valence-electron chi connectivity index (χ3n) is 4.98. The zero-order chi connectivity index (χ0) is 21.2. The van der Waals surface area contributed by atoms with Crippen LogP contribution in [0.4, 0.5) is 0 Å². The molecule has 150 valence electrons. The first-order valence-corrected chi connectivity index (χ1v) is 11.8. The summed E-state index contributed by atoms with van der Waals surface area (Å²) in [5.74, 6) is 0.155. The van der Waals surface area contributed by atoms with Gasteiger partial charge in [0.15, 0.2) is 0 Å². The Hall–Kier alpha value is -2.44. The molecule has 0 aliphatic carbocycles. The minimum Gasteiger partial charge on any atom is -0.288 e. The van der Waals surface area contributed by atoms with Crippen LogP contribution in [-0.4, -0.2) is 5.71 Å². The van der Waals surface area contributed by atoms with Crippen LogP contribution in [0.15, 0.2) is 71.5 Å². The summed E-state index contributed by atoms with van der Waals surface area (Å²) < 4.78 is 19.8. The number of aryl methyl sites for hydroxylation is 4. The average Bonchev–Trinajstić information content (AvgIpc) is 2.65. The highest BCUT2D eigenvalue weighted by atomic mass is 31.2. The van der Waals surface area contributed by atoms with Crippen LogP contribution in [0.5, 0.6) is 0 Å². The maximum atomic E-state index is 14.7. The van der Waals surface area contributed by atoms with Crippen LogP contribution in [-0.2, 0) is 4.57 Å². The fourth-order valence-electron chi connectivity index (χ4n) is 3.78. The Morgan fingerprint density at radius 3 is 1.52 bits per heavy atom. The van der Waals surface area contributed by atoms with E-state index in [9.17, 15) is 4.57 Å². The smallest absolute Gasteiger partial charge is 0.247 e. The SMILES string of the molecule is Cc1cc(C)cc(P(=O)(/N=C(\c2ccccc2)C(C)C)c2cc(C)cc(C)c2)c1. The van der Waals surface area contributed by atoms with Crippen molar-refractivity contribution >= 4 is 23.6 Å². The first-order valence-electron chi connectivity index (χ1n) is 10.1. The molecule has 0 saturated heterocycles. The third kappa shape index (κ3) is 4.77. The van der Waals surface area contributed by atoms with Crippen molar-refractivity contribution in [2.24, 2.45) is 10.7 Å². The van der Waals surface area contributed by atoms with E-state index in [2.05, 4.69) is 26.0 Å². The van der Waals surface area contributed by atoms with Gasteiger partial charge in [0.25, 0.3) is 0 Å². The minimum absolute atomic E-state index is 0.155. The molecule has 2 nitrogen and oxygen atoms in total. The van der Waals surface area contributed by atoms with Gasteiger partial charge in [-0.2, -0.15) is 0 Å². The fourth-order valence-corrected chi connectivity index (χ4v) is 6.48. The molecule has 0 saturated carbocycles. The fraction of sp³-hybridized carbons (Fsp3) is 0.269. The van der Waals surface area contributed by atoms with Crippen LogP contribution in [0, 0.1) is 33.6 Å². The van der Waals surface area contributed by atoms with Gasteiger partial charge in [0.05, 0.1) is 5.71 Å². The van der Waals surface area contributed by atoms with E-state index in [0.29, 0.717) is 0 Å². The van der Waals surface area contributed by atoms with Crippen molar-refractivity contribution in [3.8, 4) is 0 Å². The normalized spacial score (nSPS) is 12.4. The lowest BCUT2D eigenvalue weighted by Crippen LogP contribution is -2.19. The number of benzene rings is 3. The predicted molar refractivity (Wildman–Crippen MR) is 127 cm³/mol. The summed E-state index contributed by atoms with van der Waals surface area (Å²) in [7, 11) is -3.22. The Balaban J connectivity index is 2.34. The maximum absolute atomic E-state index is 14.7. The maximum Gasteiger partial charge on any atom is 0.247 e. The Morgan fingerprint density at radius 2 is 1.14 bits per heavy atom. The average molecular weight is 404 g/mol. The summed E-state index contributed by atoms with van der Waals surface area (Å²) in [6, 6.07) is 22.4. The van der Waals surface area contributed by atoms with Gasteiger partial charge >= 0.3 is 0 Å². The molecular formula is C26H30NOP. The molecule has 0 radical (unpaired) electrons. The summed E-state index contributed by atoms with van der Waals surface area (Å²) >= 11 is 0. The summed E-state index contributed by atoms with van der Waals surface area (Å²) in [6.45, 7) is 12.4. The Kier molecular flexibility index (Phi) is 6.24. The third-order valence-corrected chi connectivity index (χ3v) is 7.39. The van der Waals surface area contributed by atoms with Crippen molar-refractivity contribution < 1.29 is 4.57 Å². The van der Waals surface area contributed by atoms with Gasteiger partial charge in [0.2, 0.25) is 7.29 Å². The first-order chi connectivity index (χ1) is 13.7. The van der Waals surface area contributed by atoms with Gasteiger partial charge in [-0.3, -0.25) is 4.57 Å². The molecule has 29 heavy (non-hydrogen) atoms. The number of hydrogen-bond acceptors (Lipinski definition) is 1. The Labute approximate surface area is 175 Å². The van der Waals surface area contributed by atoms with E-state index in [-0.39, 0.29) is 5.92 Å². The molecule has 0 aromatic heterocycles. The molecule has 3 aromatic carbocycles. The van der Waals surface area contributed by atoms with E-state index in [1.54, 1.807) is 0 Å². The van der Waals surface area contributed by atoms with Crippen LogP contribution in [0.2, 0.25) is 0 Å². The van der Waals surface area contributed by atoms with Gasteiger partial charge in [-0.15, -0.1) is 0 Å². The predicted octanol–water partition coefficient (Wildman–Crippen LogP) is 6.29. The minimum atomic E-state index is -3.22. The monoisotopic (exact) mass is 403 g/mol. The molecule has 0 N–H and O–H groups in total. The van der Waals surface area contributed by atoms with Gasteiger partial charge in [-0.1, -0.05) is 78.6 Å². The van der Waals surface area contributed by atoms with E-state index < -0.39 is 7.29 Å². The highest BCUT2D eigenvalue weighted by Crippen LogP contribution is 2.47. The molecule has 0 fully saturated rings. The molecule has 0 aliphatic rings. The standard InChI is InChI=1S/C26H30NOP/c1-18(2)26(23-10-8-7-9-11-23)27-29(28,24-14-19(3)12-20(4)15-24)25-16-21(5)13-22(6)17-25/h7-18H,1-6H3/b27-26-.